The van der Waals surface area contributed by atoms with Crippen LogP contribution in [0.15, 0.2) is 66.9 Å². The van der Waals surface area contributed by atoms with E-state index in [4.69, 9.17) is 15.2 Å². The molecule has 0 bridgehead atoms. The van der Waals surface area contributed by atoms with Gasteiger partial charge in [0, 0.05) is 23.0 Å². The number of allylic oxidation sites excluding steroid dienone is 1. The van der Waals surface area contributed by atoms with Gasteiger partial charge in [-0.2, -0.15) is 0 Å². The number of methoxy groups -OCH3 is 2. The van der Waals surface area contributed by atoms with Gasteiger partial charge in [-0.1, -0.05) is 0 Å². The molecular weight excluding hydrogens is 354 g/mol. The SMILES string of the molecule is COc1ccc(Nc2ncccc2C=CC(=O)c2ccc(OC)c(N)c2)cc1. The van der Waals surface area contributed by atoms with Crippen molar-refractivity contribution in [3.8, 4) is 11.5 Å². The van der Waals surface area contributed by atoms with Crippen LogP contribution in [0.2, 0.25) is 0 Å². The summed E-state index contributed by atoms with van der Waals surface area (Å²) in [7, 11) is 3.16. The number of hydrogen-bond acceptors (Lipinski definition) is 6. The number of pyridine rings is 1. The summed E-state index contributed by atoms with van der Waals surface area (Å²) in [5.41, 5.74) is 8.44. The third-order valence-electron chi connectivity index (χ3n) is 4.12. The van der Waals surface area contributed by atoms with Crippen LogP contribution in [0.25, 0.3) is 6.08 Å². The van der Waals surface area contributed by atoms with Gasteiger partial charge in [0.25, 0.3) is 0 Å². The van der Waals surface area contributed by atoms with Crippen LogP contribution in [0.4, 0.5) is 17.2 Å². The summed E-state index contributed by atoms with van der Waals surface area (Å²) in [5, 5.41) is 3.25. The summed E-state index contributed by atoms with van der Waals surface area (Å²) < 4.78 is 10.3. The molecule has 0 aliphatic carbocycles. The molecule has 0 radical (unpaired) electrons. The summed E-state index contributed by atoms with van der Waals surface area (Å²) >= 11 is 0. The van der Waals surface area contributed by atoms with Gasteiger partial charge in [-0.3, -0.25) is 4.79 Å². The van der Waals surface area contributed by atoms with Gasteiger partial charge in [-0.05, 0) is 66.7 Å². The summed E-state index contributed by atoms with van der Waals surface area (Å²) in [6.07, 6.45) is 4.91. The number of hydrogen-bond donors (Lipinski definition) is 2. The van der Waals surface area contributed by atoms with E-state index in [1.165, 1.54) is 13.2 Å². The van der Waals surface area contributed by atoms with Crippen molar-refractivity contribution in [1.29, 1.82) is 0 Å². The zero-order valence-electron chi connectivity index (χ0n) is 15.7. The zero-order chi connectivity index (χ0) is 19.9. The number of ketones is 1. The van der Waals surface area contributed by atoms with Crippen molar-refractivity contribution in [3.63, 3.8) is 0 Å². The minimum absolute atomic E-state index is 0.159. The van der Waals surface area contributed by atoms with Gasteiger partial charge in [0.1, 0.15) is 17.3 Å². The Morgan fingerprint density at radius 2 is 1.86 bits per heavy atom. The lowest BCUT2D eigenvalue weighted by Gasteiger charge is -2.09. The average molecular weight is 375 g/mol. The largest absolute Gasteiger partial charge is 0.497 e. The Balaban J connectivity index is 1.78. The molecule has 6 heteroatoms. The van der Waals surface area contributed by atoms with E-state index in [0.717, 1.165) is 17.0 Å². The van der Waals surface area contributed by atoms with E-state index in [-0.39, 0.29) is 5.78 Å². The van der Waals surface area contributed by atoms with Gasteiger partial charge >= 0.3 is 0 Å². The highest BCUT2D eigenvalue weighted by molar-refractivity contribution is 6.07. The fourth-order valence-corrected chi connectivity index (χ4v) is 2.62. The average Bonchev–Trinajstić information content (AvgIpc) is 2.73. The minimum Gasteiger partial charge on any atom is -0.497 e. The van der Waals surface area contributed by atoms with E-state index in [1.807, 2.05) is 36.4 Å². The molecule has 1 heterocycles. The van der Waals surface area contributed by atoms with Gasteiger partial charge in [0.2, 0.25) is 0 Å². The molecule has 0 saturated carbocycles. The van der Waals surface area contributed by atoms with E-state index in [0.29, 0.717) is 22.8 Å². The number of nitrogen functional groups attached to an aromatic ring is 1. The molecule has 0 fully saturated rings. The number of ether oxygens (including phenoxy) is 2. The van der Waals surface area contributed by atoms with Crippen LogP contribution in [0.3, 0.4) is 0 Å². The first-order chi connectivity index (χ1) is 13.6. The van der Waals surface area contributed by atoms with Crippen LogP contribution in [0.5, 0.6) is 11.5 Å². The molecule has 28 heavy (non-hydrogen) atoms. The molecule has 3 rings (SSSR count). The molecule has 0 atom stereocenters. The predicted molar refractivity (Wildman–Crippen MR) is 111 cm³/mol. The number of carbonyl (C=O) groups is 1. The summed E-state index contributed by atoms with van der Waals surface area (Å²) in [5.74, 6) is 1.80. The number of rotatable bonds is 7. The normalized spacial score (nSPS) is 10.6. The van der Waals surface area contributed by atoms with Crippen molar-refractivity contribution in [2.24, 2.45) is 0 Å². The second-order valence-corrected chi connectivity index (χ2v) is 5.95. The molecule has 0 aliphatic heterocycles. The quantitative estimate of drug-likeness (QED) is 0.363. The molecule has 0 unspecified atom stereocenters. The van der Waals surface area contributed by atoms with Crippen molar-refractivity contribution < 1.29 is 14.3 Å². The van der Waals surface area contributed by atoms with Crippen molar-refractivity contribution in [3.05, 3.63) is 78.0 Å². The van der Waals surface area contributed by atoms with Crippen LogP contribution >= 0.6 is 0 Å². The Hall–Kier alpha value is -3.80. The molecule has 0 saturated heterocycles. The Morgan fingerprint density at radius 3 is 2.54 bits per heavy atom. The first-order valence-electron chi connectivity index (χ1n) is 8.62. The molecule has 0 amide bonds. The monoisotopic (exact) mass is 375 g/mol. The molecule has 0 spiro atoms. The van der Waals surface area contributed by atoms with E-state index in [9.17, 15) is 4.79 Å². The molecule has 1 aromatic heterocycles. The van der Waals surface area contributed by atoms with Crippen LogP contribution in [-0.2, 0) is 0 Å². The van der Waals surface area contributed by atoms with Crippen molar-refractivity contribution in [2.75, 3.05) is 25.3 Å². The number of nitrogens with two attached hydrogens (primary N) is 1. The van der Waals surface area contributed by atoms with Gasteiger partial charge in [-0.25, -0.2) is 4.98 Å². The fraction of sp³-hybridized carbons (Fsp3) is 0.0909. The molecule has 3 N–H and O–H groups in total. The van der Waals surface area contributed by atoms with Gasteiger partial charge < -0.3 is 20.5 Å². The highest BCUT2D eigenvalue weighted by atomic mass is 16.5. The fourth-order valence-electron chi connectivity index (χ4n) is 2.62. The molecule has 3 aromatic rings. The Morgan fingerprint density at radius 1 is 1.07 bits per heavy atom. The van der Waals surface area contributed by atoms with Crippen LogP contribution < -0.4 is 20.5 Å². The first kappa shape index (κ1) is 19.0. The van der Waals surface area contributed by atoms with E-state index in [2.05, 4.69) is 10.3 Å². The van der Waals surface area contributed by atoms with Crippen LogP contribution in [0.1, 0.15) is 15.9 Å². The Labute approximate surface area is 163 Å². The van der Waals surface area contributed by atoms with E-state index < -0.39 is 0 Å². The highest BCUT2D eigenvalue weighted by Crippen LogP contribution is 2.24. The van der Waals surface area contributed by atoms with Crippen LogP contribution in [0, 0.1) is 0 Å². The lowest BCUT2D eigenvalue weighted by Crippen LogP contribution is -1.99. The van der Waals surface area contributed by atoms with Crippen molar-refractivity contribution >= 4 is 29.1 Å². The van der Waals surface area contributed by atoms with Gasteiger partial charge in [0.05, 0.1) is 19.9 Å². The van der Waals surface area contributed by atoms with Gasteiger partial charge in [-0.15, -0.1) is 0 Å². The second-order valence-electron chi connectivity index (χ2n) is 5.95. The minimum atomic E-state index is -0.159. The smallest absolute Gasteiger partial charge is 0.185 e. The van der Waals surface area contributed by atoms with Gasteiger partial charge in [0.15, 0.2) is 5.78 Å². The van der Waals surface area contributed by atoms with Crippen LogP contribution in [-0.4, -0.2) is 25.0 Å². The molecule has 2 aromatic carbocycles. The van der Waals surface area contributed by atoms with Crippen molar-refractivity contribution in [1.82, 2.24) is 4.98 Å². The topological polar surface area (TPSA) is 86.5 Å². The molecule has 142 valence electrons. The van der Waals surface area contributed by atoms with Crippen molar-refractivity contribution in [2.45, 2.75) is 0 Å². The number of nitrogens with one attached hydrogen (secondary N) is 1. The lowest BCUT2D eigenvalue weighted by molar-refractivity contribution is 0.104. The maximum absolute atomic E-state index is 12.5. The number of nitrogens with zero attached hydrogens (tertiary/aromatic N) is 1. The summed E-state index contributed by atoms with van der Waals surface area (Å²) in [6, 6.07) is 16.2. The highest BCUT2D eigenvalue weighted by Gasteiger charge is 2.07. The standard InChI is InChI=1S/C22H21N3O3/c1-27-18-9-7-17(8-10-18)25-22-15(4-3-13-24-22)5-11-20(26)16-6-12-21(28-2)19(23)14-16/h3-14H,23H2,1-2H3,(H,24,25). The summed E-state index contributed by atoms with van der Waals surface area (Å²) in [4.78, 5) is 16.8. The molecular formula is C22H21N3O3. The third-order valence-corrected chi connectivity index (χ3v) is 4.12. The number of carbonyl (C=O) groups excluding carboxylic acids is 1. The number of aromatic nitrogens is 1. The number of anilines is 3. The maximum Gasteiger partial charge on any atom is 0.185 e. The van der Waals surface area contributed by atoms with E-state index >= 15 is 0 Å². The maximum atomic E-state index is 12.5. The predicted octanol–water partition coefficient (Wildman–Crippen LogP) is 4.32. The van der Waals surface area contributed by atoms with E-state index in [1.54, 1.807) is 37.6 Å². The summed E-state index contributed by atoms with van der Waals surface area (Å²) in [6.45, 7) is 0. The molecule has 0 aliphatic rings. The molecule has 6 nitrogen and oxygen atoms in total. The lowest BCUT2D eigenvalue weighted by atomic mass is 10.1. The first-order valence-corrected chi connectivity index (χ1v) is 8.62. The zero-order valence-corrected chi connectivity index (χ0v) is 15.7. The Bertz CT molecular complexity index is 998. The Kier molecular flexibility index (Phi) is 5.91. The number of benzene rings is 2. The third kappa shape index (κ3) is 4.48. The second kappa shape index (κ2) is 8.73.